The lowest BCUT2D eigenvalue weighted by Gasteiger charge is -2.18. The second kappa shape index (κ2) is 9.45. The molecule has 0 radical (unpaired) electrons. The Morgan fingerprint density at radius 3 is 2.68 bits per heavy atom. The Hall–Kier alpha value is -4.03. The van der Waals surface area contributed by atoms with Crippen molar-refractivity contribution in [3.05, 3.63) is 90.3 Å². The van der Waals surface area contributed by atoms with Crippen molar-refractivity contribution in [3.63, 3.8) is 0 Å². The molecular weight excluding hydrogens is 426 g/mol. The van der Waals surface area contributed by atoms with Crippen LogP contribution in [0, 0.1) is 0 Å². The number of para-hydroxylation sites is 1. The van der Waals surface area contributed by atoms with E-state index in [1.807, 2.05) is 86.0 Å². The molecule has 0 bridgehead atoms. The highest BCUT2D eigenvalue weighted by Crippen LogP contribution is 2.32. The molecule has 0 aliphatic heterocycles. The highest BCUT2D eigenvalue weighted by atomic mass is 16.5. The molecule has 2 aromatic heterocycles. The zero-order valence-corrected chi connectivity index (χ0v) is 19.0. The quantitative estimate of drug-likeness (QED) is 0.265. The standard InChI is InChI=1S/C28H27N3O3/c1-2-34-27-11-10-18(21-7-5-9-26-23(21)12-13-29-26)15-24(27)28(33)31-20(17-32)14-19-16-30-25-8-4-3-6-22(19)25/h3-13,15-16,20,29-30,32H,2,14,17H2,1H3,(H,31,33). The van der Waals surface area contributed by atoms with Gasteiger partial charge in [0.25, 0.3) is 5.91 Å². The van der Waals surface area contributed by atoms with Crippen LogP contribution in [0.2, 0.25) is 0 Å². The average molecular weight is 454 g/mol. The molecule has 0 saturated heterocycles. The number of aromatic nitrogens is 2. The Morgan fingerprint density at radius 1 is 1.00 bits per heavy atom. The van der Waals surface area contributed by atoms with Gasteiger partial charge in [0.15, 0.2) is 0 Å². The number of hydrogen-bond acceptors (Lipinski definition) is 3. The third kappa shape index (κ3) is 4.16. The lowest BCUT2D eigenvalue weighted by Crippen LogP contribution is -2.39. The topological polar surface area (TPSA) is 90.1 Å². The van der Waals surface area contributed by atoms with E-state index in [1.165, 1.54) is 0 Å². The molecule has 6 nitrogen and oxygen atoms in total. The summed E-state index contributed by atoms with van der Waals surface area (Å²) in [5.74, 6) is 0.249. The Labute approximate surface area is 197 Å². The number of aliphatic hydroxyl groups excluding tert-OH is 1. The first-order chi connectivity index (χ1) is 16.7. The van der Waals surface area contributed by atoms with Crippen molar-refractivity contribution in [2.45, 2.75) is 19.4 Å². The van der Waals surface area contributed by atoms with Crippen LogP contribution in [0.1, 0.15) is 22.8 Å². The van der Waals surface area contributed by atoms with Gasteiger partial charge in [0.2, 0.25) is 0 Å². The third-order valence-corrected chi connectivity index (χ3v) is 6.13. The van der Waals surface area contributed by atoms with Gasteiger partial charge >= 0.3 is 0 Å². The zero-order valence-electron chi connectivity index (χ0n) is 19.0. The van der Waals surface area contributed by atoms with Crippen molar-refractivity contribution >= 4 is 27.7 Å². The third-order valence-electron chi connectivity index (χ3n) is 6.13. The number of aromatic amines is 2. The van der Waals surface area contributed by atoms with Gasteiger partial charge in [0.05, 0.1) is 24.8 Å². The van der Waals surface area contributed by atoms with Crippen molar-refractivity contribution in [2.24, 2.45) is 0 Å². The molecule has 1 unspecified atom stereocenters. The molecule has 1 amide bonds. The van der Waals surface area contributed by atoms with E-state index < -0.39 is 6.04 Å². The molecule has 172 valence electrons. The number of ether oxygens (including phenoxy) is 1. The number of H-pyrrole nitrogens is 2. The zero-order chi connectivity index (χ0) is 23.5. The molecule has 0 aliphatic carbocycles. The fraction of sp³-hybridized carbons (Fsp3) is 0.179. The Kier molecular flexibility index (Phi) is 6.06. The highest BCUT2D eigenvalue weighted by molar-refractivity contribution is 6.01. The molecule has 6 heteroatoms. The van der Waals surface area contributed by atoms with Gasteiger partial charge in [0, 0.05) is 34.2 Å². The van der Waals surface area contributed by atoms with Crippen molar-refractivity contribution in [1.29, 1.82) is 0 Å². The summed E-state index contributed by atoms with van der Waals surface area (Å²) in [7, 11) is 0. The van der Waals surface area contributed by atoms with Crippen LogP contribution >= 0.6 is 0 Å². The predicted molar refractivity (Wildman–Crippen MR) is 135 cm³/mol. The second-order valence-electron chi connectivity index (χ2n) is 8.31. The second-order valence-corrected chi connectivity index (χ2v) is 8.31. The predicted octanol–water partition coefficient (Wildman–Crippen LogP) is 5.05. The van der Waals surface area contributed by atoms with Crippen LogP contribution in [0.4, 0.5) is 0 Å². The van der Waals surface area contributed by atoms with E-state index in [-0.39, 0.29) is 12.5 Å². The molecule has 5 aromatic rings. The molecule has 2 heterocycles. The summed E-state index contributed by atoms with van der Waals surface area (Å²) in [6.07, 6.45) is 4.36. The average Bonchev–Trinajstić information content (AvgIpc) is 3.51. The smallest absolute Gasteiger partial charge is 0.255 e. The van der Waals surface area contributed by atoms with E-state index >= 15 is 0 Å². The number of amides is 1. The minimum atomic E-state index is -0.432. The number of carbonyl (C=O) groups excluding carboxylic acids is 1. The van der Waals surface area contributed by atoms with Crippen LogP contribution in [-0.4, -0.2) is 40.2 Å². The number of fused-ring (bicyclic) bond motifs is 2. The molecule has 4 N–H and O–H groups in total. The molecule has 0 spiro atoms. The van der Waals surface area contributed by atoms with Gasteiger partial charge in [-0.25, -0.2) is 0 Å². The van der Waals surface area contributed by atoms with E-state index in [0.29, 0.717) is 24.3 Å². The summed E-state index contributed by atoms with van der Waals surface area (Å²) in [6, 6.07) is 21.3. The van der Waals surface area contributed by atoms with Gasteiger partial charge in [-0.3, -0.25) is 4.79 Å². The highest BCUT2D eigenvalue weighted by Gasteiger charge is 2.20. The van der Waals surface area contributed by atoms with E-state index in [0.717, 1.165) is 38.5 Å². The molecule has 5 rings (SSSR count). The van der Waals surface area contributed by atoms with Crippen LogP contribution in [0.15, 0.2) is 79.1 Å². The maximum Gasteiger partial charge on any atom is 0.255 e. The van der Waals surface area contributed by atoms with Crippen LogP contribution < -0.4 is 10.1 Å². The Bertz CT molecular complexity index is 1450. The number of carbonyl (C=O) groups is 1. The minimum absolute atomic E-state index is 0.169. The number of aliphatic hydroxyl groups is 1. The van der Waals surface area contributed by atoms with E-state index in [1.54, 1.807) is 0 Å². The SMILES string of the molecule is CCOc1ccc(-c2cccc3[nH]ccc23)cc1C(=O)NC(CO)Cc1c[nH]c2ccccc12. The Balaban J connectivity index is 1.44. The summed E-state index contributed by atoms with van der Waals surface area (Å²) in [5, 5.41) is 15.2. The van der Waals surface area contributed by atoms with Crippen LogP contribution in [0.5, 0.6) is 5.75 Å². The first-order valence-corrected chi connectivity index (χ1v) is 11.5. The molecule has 0 saturated carbocycles. The van der Waals surface area contributed by atoms with Gasteiger partial charge < -0.3 is 25.1 Å². The molecule has 0 aliphatic rings. The molecule has 1 atom stereocenters. The largest absolute Gasteiger partial charge is 0.493 e. The molecule has 34 heavy (non-hydrogen) atoms. The maximum absolute atomic E-state index is 13.4. The number of hydrogen-bond donors (Lipinski definition) is 4. The van der Waals surface area contributed by atoms with E-state index in [4.69, 9.17) is 4.74 Å². The van der Waals surface area contributed by atoms with Crippen molar-refractivity contribution in [1.82, 2.24) is 15.3 Å². The summed E-state index contributed by atoms with van der Waals surface area (Å²) in [4.78, 5) is 19.9. The lowest BCUT2D eigenvalue weighted by molar-refractivity contribution is 0.0913. The lowest BCUT2D eigenvalue weighted by atomic mass is 9.98. The number of nitrogens with one attached hydrogen (secondary N) is 3. The van der Waals surface area contributed by atoms with Gasteiger partial charge in [0.1, 0.15) is 5.75 Å². The van der Waals surface area contributed by atoms with Crippen molar-refractivity contribution < 1.29 is 14.6 Å². The fourth-order valence-corrected chi connectivity index (χ4v) is 4.48. The fourth-order valence-electron chi connectivity index (χ4n) is 4.48. The van der Waals surface area contributed by atoms with E-state index in [2.05, 4.69) is 15.3 Å². The van der Waals surface area contributed by atoms with Crippen molar-refractivity contribution in [2.75, 3.05) is 13.2 Å². The van der Waals surface area contributed by atoms with Crippen LogP contribution in [0.3, 0.4) is 0 Å². The van der Waals surface area contributed by atoms with E-state index in [9.17, 15) is 9.90 Å². The Morgan fingerprint density at radius 2 is 1.82 bits per heavy atom. The summed E-state index contributed by atoms with van der Waals surface area (Å²) >= 11 is 0. The van der Waals surface area contributed by atoms with Gasteiger partial charge in [-0.05, 0) is 60.4 Å². The first kappa shape index (κ1) is 21.8. The van der Waals surface area contributed by atoms with Crippen LogP contribution in [-0.2, 0) is 6.42 Å². The normalized spacial score (nSPS) is 12.2. The monoisotopic (exact) mass is 453 g/mol. The summed E-state index contributed by atoms with van der Waals surface area (Å²) in [6.45, 7) is 2.17. The van der Waals surface area contributed by atoms with Crippen molar-refractivity contribution in [3.8, 4) is 16.9 Å². The molecule has 3 aromatic carbocycles. The number of rotatable bonds is 8. The van der Waals surface area contributed by atoms with Gasteiger partial charge in [-0.1, -0.05) is 36.4 Å². The molecule has 0 fully saturated rings. The van der Waals surface area contributed by atoms with Gasteiger partial charge in [-0.15, -0.1) is 0 Å². The van der Waals surface area contributed by atoms with Crippen LogP contribution in [0.25, 0.3) is 32.9 Å². The molecular formula is C28H27N3O3. The summed E-state index contributed by atoms with van der Waals surface area (Å²) in [5.41, 5.74) is 5.53. The number of benzene rings is 3. The minimum Gasteiger partial charge on any atom is -0.493 e. The maximum atomic E-state index is 13.4. The first-order valence-electron chi connectivity index (χ1n) is 11.5. The summed E-state index contributed by atoms with van der Waals surface area (Å²) < 4.78 is 5.77. The van der Waals surface area contributed by atoms with Gasteiger partial charge in [-0.2, -0.15) is 0 Å².